The van der Waals surface area contributed by atoms with Crippen LogP contribution in [0.25, 0.3) is 0 Å². The van der Waals surface area contributed by atoms with Crippen molar-refractivity contribution in [2.45, 2.75) is 6.42 Å². The topological polar surface area (TPSA) is 64.9 Å². The highest BCUT2D eigenvalue weighted by Gasteiger charge is 1.98. The Hall–Kier alpha value is -1.40. The third-order valence-electron chi connectivity index (χ3n) is 1.46. The lowest BCUT2D eigenvalue weighted by Crippen LogP contribution is -1.98. The molecule has 1 aromatic heterocycles. The van der Waals surface area contributed by atoms with E-state index in [2.05, 4.69) is 16.8 Å². The van der Waals surface area contributed by atoms with E-state index in [1.54, 1.807) is 6.20 Å². The van der Waals surface area contributed by atoms with Gasteiger partial charge in [-0.25, -0.2) is 0 Å². The minimum absolute atomic E-state index is 0.456. The van der Waals surface area contributed by atoms with E-state index in [9.17, 15) is 0 Å². The fourth-order valence-electron chi connectivity index (χ4n) is 0.791. The van der Waals surface area contributed by atoms with Crippen molar-refractivity contribution in [2.75, 3.05) is 17.3 Å². The van der Waals surface area contributed by atoms with E-state index in [0.717, 1.165) is 0 Å². The van der Waals surface area contributed by atoms with E-state index in [1.165, 1.54) is 6.20 Å². The number of nitrogens with two attached hydrogens (primary N) is 2. The SMILES string of the molecule is Nc1cncc(C#CCCCl)c1N. The van der Waals surface area contributed by atoms with Crippen molar-refractivity contribution >= 4 is 23.0 Å². The molecule has 3 nitrogen and oxygen atoms in total. The second-order valence-corrected chi connectivity index (χ2v) is 2.81. The van der Waals surface area contributed by atoms with Gasteiger partial charge in [-0.2, -0.15) is 0 Å². The third-order valence-corrected chi connectivity index (χ3v) is 1.65. The highest BCUT2D eigenvalue weighted by atomic mass is 35.5. The molecule has 0 unspecified atom stereocenters. The first-order chi connectivity index (χ1) is 6.25. The van der Waals surface area contributed by atoms with Crippen LogP contribution < -0.4 is 11.5 Å². The maximum Gasteiger partial charge on any atom is 0.0747 e. The van der Waals surface area contributed by atoms with E-state index in [4.69, 9.17) is 23.1 Å². The molecule has 0 aromatic carbocycles. The van der Waals surface area contributed by atoms with Gasteiger partial charge in [0.2, 0.25) is 0 Å². The van der Waals surface area contributed by atoms with Crippen LogP contribution in [0.2, 0.25) is 0 Å². The molecule has 68 valence electrons. The number of aromatic nitrogens is 1. The van der Waals surface area contributed by atoms with Crippen molar-refractivity contribution in [3.63, 3.8) is 0 Å². The van der Waals surface area contributed by atoms with E-state index < -0.39 is 0 Å². The number of anilines is 2. The van der Waals surface area contributed by atoms with E-state index in [1.807, 2.05) is 0 Å². The molecule has 0 amide bonds. The highest BCUT2D eigenvalue weighted by Crippen LogP contribution is 2.16. The summed E-state index contributed by atoms with van der Waals surface area (Å²) in [5, 5.41) is 0. The van der Waals surface area contributed by atoms with Crippen molar-refractivity contribution in [1.82, 2.24) is 4.98 Å². The molecule has 0 spiro atoms. The molecule has 0 atom stereocenters. The molecule has 4 N–H and O–H groups in total. The number of alkyl halides is 1. The maximum absolute atomic E-state index is 5.66. The van der Waals surface area contributed by atoms with Crippen LogP contribution in [-0.4, -0.2) is 10.9 Å². The van der Waals surface area contributed by atoms with Crippen LogP contribution in [0.3, 0.4) is 0 Å². The summed E-state index contributed by atoms with van der Waals surface area (Å²) in [5.41, 5.74) is 12.8. The lowest BCUT2D eigenvalue weighted by molar-refractivity contribution is 1.28. The first kappa shape index (κ1) is 9.69. The third kappa shape index (κ3) is 2.53. The van der Waals surface area contributed by atoms with E-state index in [-0.39, 0.29) is 0 Å². The number of nitrogens with zero attached hydrogens (tertiary/aromatic N) is 1. The molecule has 4 heteroatoms. The van der Waals surface area contributed by atoms with Gasteiger partial charge in [0, 0.05) is 18.5 Å². The van der Waals surface area contributed by atoms with Crippen LogP contribution >= 0.6 is 11.6 Å². The molecule has 0 radical (unpaired) electrons. The predicted octanol–water partition coefficient (Wildman–Crippen LogP) is 1.23. The van der Waals surface area contributed by atoms with Crippen LogP contribution in [0.4, 0.5) is 11.4 Å². The van der Waals surface area contributed by atoms with Crippen molar-refractivity contribution < 1.29 is 0 Å². The molecular formula is C9H10ClN3. The van der Waals surface area contributed by atoms with Gasteiger partial charge in [-0.15, -0.1) is 11.6 Å². The van der Waals surface area contributed by atoms with Crippen LogP contribution in [0.5, 0.6) is 0 Å². The van der Waals surface area contributed by atoms with Gasteiger partial charge >= 0.3 is 0 Å². The number of rotatable bonds is 1. The summed E-state index contributed by atoms with van der Waals surface area (Å²) in [7, 11) is 0. The molecule has 0 bridgehead atoms. The fourth-order valence-corrected chi connectivity index (χ4v) is 0.886. The number of pyridine rings is 1. The number of hydrogen-bond acceptors (Lipinski definition) is 3. The normalized spacial score (nSPS) is 9.00. The van der Waals surface area contributed by atoms with Crippen molar-refractivity contribution in [1.29, 1.82) is 0 Å². The quantitative estimate of drug-likeness (QED) is 0.523. The Labute approximate surface area is 82.1 Å². The average molecular weight is 196 g/mol. The molecule has 0 saturated carbocycles. The lowest BCUT2D eigenvalue weighted by Gasteiger charge is -1.99. The zero-order valence-corrected chi connectivity index (χ0v) is 7.80. The molecule has 0 saturated heterocycles. The standard InChI is InChI=1S/C9H10ClN3/c10-4-2-1-3-7-5-13-6-8(11)9(7)12/h5-6H,2,4,11H2,(H2,12,13). The fraction of sp³-hybridized carbons (Fsp3) is 0.222. The number of nitrogen functional groups attached to an aromatic ring is 2. The zero-order chi connectivity index (χ0) is 9.68. The zero-order valence-electron chi connectivity index (χ0n) is 7.05. The van der Waals surface area contributed by atoms with Gasteiger partial charge in [0.1, 0.15) is 0 Å². The molecule has 1 rings (SSSR count). The first-order valence-corrected chi connectivity index (χ1v) is 4.33. The molecule has 0 aliphatic rings. The summed E-state index contributed by atoms with van der Waals surface area (Å²) in [4.78, 5) is 3.88. The maximum atomic E-state index is 5.66. The Morgan fingerprint density at radius 3 is 2.85 bits per heavy atom. The largest absolute Gasteiger partial charge is 0.396 e. The van der Waals surface area contributed by atoms with Crippen molar-refractivity contribution in [3.05, 3.63) is 18.0 Å². The molecule has 0 aliphatic carbocycles. The Kier molecular flexibility index (Phi) is 3.41. The van der Waals surface area contributed by atoms with Crippen LogP contribution in [0.1, 0.15) is 12.0 Å². The minimum Gasteiger partial charge on any atom is -0.396 e. The monoisotopic (exact) mass is 195 g/mol. The summed E-state index contributed by atoms with van der Waals surface area (Å²) in [5.74, 6) is 6.23. The molecule has 0 aliphatic heterocycles. The summed E-state index contributed by atoms with van der Waals surface area (Å²) in [6, 6.07) is 0. The second-order valence-electron chi connectivity index (χ2n) is 2.43. The van der Waals surface area contributed by atoms with Crippen molar-refractivity contribution in [2.24, 2.45) is 0 Å². The molecule has 13 heavy (non-hydrogen) atoms. The van der Waals surface area contributed by atoms with Crippen molar-refractivity contribution in [3.8, 4) is 11.8 Å². The number of hydrogen-bond donors (Lipinski definition) is 2. The van der Waals surface area contributed by atoms with Gasteiger partial charge < -0.3 is 11.5 Å². The molecule has 1 aromatic rings. The average Bonchev–Trinajstić information content (AvgIpc) is 2.13. The van der Waals surface area contributed by atoms with Crippen LogP contribution in [0, 0.1) is 11.8 Å². The Morgan fingerprint density at radius 2 is 2.15 bits per heavy atom. The van der Waals surface area contributed by atoms with Gasteiger partial charge in [0.15, 0.2) is 0 Å². The first-order valence-electron chi connectivity index (χ1n) is 3.79. The van der Waals surface area contributed by atoms with Gasteiger partial charge in [0.25, 0.3) is 0 Å². The lowest BCUT2D eigenvalue weighted by atomic mass is 10.2. The Balaban J connectivity index is 2.91. The van der Waals surface area contributed by atoms with Gasteiger partial charge in [-0.1, -0.05) is 11.8 Å². The minimum atomic E-state index is 0.456. The molecule has 1 heterocycles. The van der Waals surface area contributed by atoms with E-state index in [0.29, 0.717) is 29.2 Å². The summed E-state index contributed by atoms with van der Waals surface area (Å²) >= 11 is 5.46. The Morgan fingerprint density at radius 1 is 1.38 bits per heavy atom. The second kappa shape index (κ2) is 4.58. The highest BCUT2D eigenvalue weighted by molar-refractivity contribution is 6.18. The van der Waals surface area contributed by atoms with Crippen LogP contribution in [0.15, 0.2) is 12.4 Å². The molecular weight excluding hydrogens is 186 g/mol. The van der Waals surface area contributed by atoms with E-state index >= 15 is 0 Å². The van der Waals surface area contributed by atoms with Gasteiger partial charge in [0.05, 0.1) is 23.1 Å². The summed E-state index contributed by atoms with van der Waals surface area (Å²) < 4.78 is 0. The smallest absolute Gasteiger partial charge is 0.0747 e. The predicted molar refractivity (Wildman–Crippen MR) is 55.3 cm³/mol. The van der Waals surface area contributed by atoms with Crippen LogP contribution in [-0.2, 0) is 0 Å². The summed E-state index contributed by atoms with van der Waals surface area (Å²) in [6.07, 6.45) is 3.73. The van der Waals surface area contributed by atoms with Gasteiger partial charge in [-0.05, 0) is 0 Å². The molecule has 0 fully saturated rings. The number of halogens is 1. The Bertz CT molecular complexity index is 352. The van der Waals surface area contributed by atoms with Gasteiger partial charge in [-0.3, -0.25) is 4.98 Å². The summed E-state index contributed by atoms with van der Waals surface area (Å²) in [6.45, 7) is 0.